The first-order valence-electron chi connectivity index (χ1n) is 6.18. The van der Waals surface area contributed by atoms with E-state index in [9.17, 15) is 4.39 Å². The largest absolute Gasteiger partial charge is 0.399 e. The third kappa shape index (κ3) is 3.27. The van der Waals surface area contributed by atoms with Crippen LogP contribution in [0.2, 0.25) is 0 Å². The predicted octanol–water partition coefficient (Wildman–Crippen LogP) is 2.50. The number of aryl methyl sites for hydroxylation is 1. The SMILES string of the molecule is CC(C)(C)CCn1nnnc1-c1ccc(N)cc1F. The first-order valence-corrected chi connectivity index (χ1v) is 6.18. The minimum absolute atomic E-state index is 0.170. The third-order valence-corrected chi connectivity index (χ3v) is 2.84. The molecule has 1 aromatic heterocycles. The Morgan fingerprint density at radius 2 is 2.05 bits per heavy atom. The maximum absolute atomic E-state index is 13.9. The van der Waals surface area contributed by atoms with Crippen LogP contribution in [-0.4, -0.2) is 20.2 Å². The molecule has 2 rings (SSSR count). The third-order valence-electron chi connectivity index (χ3n) is 2.84. The zero-order chi connectivity index (χ0) is 14.0. The van der Waals surface area contributed by atoms with E-state index in [1.54, 1.807) is 16.8 Å². The number of tetrazole rings is 1. The molecule has 102 valence electrons. The summed E-state index contributed by atoms with van der Waals surface area (Å²) in [5, 5.41) is 11.4. The van der Waals surface area contributed by atoms with Crippen LogP contribution in [0.15, 0.2) is 18.2 Å². The summed E-state index contributed by atoms with van der Waals surface area (Å²) < 4.78 is 15.5. The van der Waals surface area contributed by atoms with Gasteiger partial charge in [-0.15, -0.1) is 5.10 Å². The standard InChI is InChI=1S/C13H18FN5/c1-13(2,3)6-7-19-12(16-17-18-19)10-5-4-9(15)8-11(10)14/h4-5,8H,6-7,15H2,1-3H3. The molecule has 0 fully saturated rings. The molecule has 2 N–H and O–H groups in total. The van der Waals surface area contributed by atoms with Gasteiger partial charge in [-0.2, -0.15) is 0 Å². The van der Waals surface area contributed by atoms with E-state index in [1.807, 2.05) is 0 Å². The Kier molecular flexibility index (Phi) is 3.50. The molecular weight excluding hydrogens is 245 g/mol. The van der Waals surface area contributed by atoms with Crippen LogP contribution >= 0.6 is 0 Å². The molecule has 1 aromatic carbocycles. The zero-order valence-corrected chi connectivity index (χ0v) is 11.4. The fraction of sp³-hybridized carbons (Fsp3) is 0.462. The van der Waals surface area contributed by atoms with Crippen LogP contribution in [0.1, 0.15) is 27.2 Å². The van der Waals surface area contributed by atoms with Crippen LogP contribution < -0.4 is 5.73 Å². The Bertz CT molecular complexity index is 571. The molecule has 0 saturated heterocycles. The Morgan fingerprint density at radius 3 is 2.68 bits per heavy atom. The van der Waals surface area contributed by atoms with E-state index in [0.29, 0.717) is 23.6 Å². The molecule has 0 bridgehead atoms. The van der Waals surface area contributed by atoms with E-state index in [-0.39, 0.29) is 5.41 Å². The monoisotopic (exact) mass is 263 g/mol. The summed E-state index contributed by atoms with van der Waals surface area (Å²) in [5.74, 6) is 0.0218. The van der Waals surface area contributed by atoms with Gasteiger partial charge in [-0.3, -0.25) is 0 Å². The van der Waals surface area contributed by atoms with Crippen molar-refractivity contribution in [2.45, 2.75) is 33.7 Å². The first kappa shape index (κ1) is 13.5. The number of nitrogens with two attached hydrogens (primary N) is 1. The maximum atomic E-state index is 13.9. The van der Waals surface area contributed by atoms with Gasteiger partial charge in [0.1, 0.15) is 5.82 Å². The van der Waals surface area contributed by atoms with Gasteiger partial charge in [-0.25, -0.2) is 9.07 Å². The highest BCUT2D eigenvalue weighted by Crippen LogP contribution is 2.24. The molecule has 0 spiro atoms. The number of aromatic nitrogens is 4. The number of nitrogen functional groups attached to an aromatic ring is 1. The Morgan fingerprint density at radius 1 is 1.32 bits per heavy atom. The van der Waals surface area contributed by atoms with E-state index in [0.717, 1.165) is 6.42 Å². The van der Waals surface area contributed by atoms with E-state index < -0.39 is 5.82 Å². The number of anilines is 1. The Labute approximate surface area is 111 Å². The highest BCUT2D eigenvalue weighted by atomic mass is 19.1. The molecule has 0 aliphatic carbocycles. The number of hydrogen-bond acceptors (Lipinski definition) is 4. The number of halogens is 1. The lowest BCUT2D eigenvalue weighted by Crippen LogP contribution is -2.12. The van der Waals surface area contributed by atoms with Gasteiger partial charge in [0.05, 0.1) is 5.56 Å². The summed E-state index contributed by atoms with van der Waals surface area (Å²) in [7, 11) is 0. The Balaban J connectivity index is 2.28. The number of rotatable bonds is 3. The maximum Gasteiger partial charge on any atom is 0.184 e. The van der Waals surface area contributed by atoms with E-state index in [4.69, 9.17) is 5.73 Å². The summed E-state index contributed by atoms with van der Waals surface area (Å²) in [4.78, 5) is 0. The fourth-order valence-electron chi connectivity index (χ4n) is 1.70. The van der Waals surface area contributed by atoms with Crippen LogP contribution in [0.5, 0.6) is 0 Å². The van der Waals surface area contributed by atoms with E-state index in [1.165, 1.54) is 6.07 Å². The lowest BCUT2D eigenvalue weighted by atomic mass is 9.92. The van der Waals surface area contributed by atoms with Crippen molar-refractivity contribution in [3.05, 3.63) is 24.0 Å². The molecular formula is C13H18FN5. The lowest BCUT2D eigenvalue weighted by molar-refractivity contribution is 0.340. The molecule has 0 saturated carbocycles. The van der Waals surface area contributed by atoms with Gasteiger partial charge in [0.2, 0.25) is 0 Å². The molecule has 0 radical (unpaired) electrons. The van der Waals surface area contributed by atoms with Crippen molar-refractivity contribution in [2.75, 3.05) is 5.73 Å². The molecule has 5 nitrogen and oxygen atoms in total. The van der Waals surface area contributed by atoms with Crippen LogP contribution in [0.4, 0.5) is 10.1 Å². The second kappa shape index (κ2) is 4.95. The van der Waals surface area contributed by atoms with Crippen molar-refractivity contribution in [1.82, 2.24) is 20.2 Å². The summed E-state index contributed by atoms with van der Waals surface area (Å²) in [6.07, 6.45) is 0.904. The van der Waals surface area contributed by atoms with Crippen LogP contribution in [0, 0.1) is 11.2 Å². The van der Waals surface area contributed by atoms with Crippen molar-refractivity contribution < 1.29 is 4.39 Å². The minimum atomic E-state index is -0.410. The molecule has 1 heterocycles. The van der Waals surface area contributed by atoms with Crippen molar-refractivity contribution in [1.29, 1.82) is 0 Å². The summed E-state index contributed by atoms with van der Waals surface area (Å²) in [6, 6.07) is 4.52. The normalized spacial score (nSPS) is 11.8. The van der Waals surface area contributed by atoms with Crippen molar-refractivity contribution in [3.8, 4) is 11.4 Å². The van der Waals surface area contributed by atoms with Gasteiger partial charge in [-0.05, 0) is 40.5 Å². The van der Waals surface area contributed by atoms with Gasteiger partial charge in [0, 0.05) is 12.2 Å². The first-order chi connectivity index (χ1) is 8.87. The van der Waals surface area contributed by atoms with Crippen LogP contribution in [0.3, 0.4) is 0 Å². The lowest BCUT2D eigenvalue weighted by Gasteiger charge is -2.17. The number of hydrogen-bond donors (Lipinski definition) is 1. The molecule has 2 aromatic rings. The molecule has 0 aliphatic rings. The molecule has 6 heteroatoms. The smallest absolute Gasteiger partial charge is 0.184 e. The average Bonchev–Trinajstić information content (AvgIpc) is 2.73. The van der Waals surface area contributed by atoms with Crippen molar-refractivity contribution in [3.63, 3.8) is 0 Å². The minimum Gasteiger partial charge on any atom is -0.399 e. The van der Waals surface area contributed by atoms with E-state index in [2.05, 4.69) is 36.3 Å². The van der Waals surface area contributed by atoms with Gasteiger partial charge in [-0.1, -0.05) is 20.8 Å². The second-order valence-corrected chi connectivity index (χ2v) is 5.78. The van der Waals surface area contributed by atoms with Crippen LogP contribution in [0.25, 0.3) is 11.4 Å². The molecule has 19 heavy (non-hydrogen) atoms. The van der Waals surface area contributed by atoms with Crippen molar-refractivity contribution in [2.24, 2.45) is 5.41 Å². The zero-order valence-electron chi connectivity index (χ0n) is 11.4. The molecule has 0 amide bonds. The van der Waals surface area contributed by atoms with Gasteiger partial charge in [0.15, 0.2) is 5.82 Å². The quantitative estimate of drug-likeness (QED) is 0.864. The highest BCUT2D eigenvalue weighted by Gasteiger charge is 2.16. The second-order valence-electron chi connectivity index (χ2n) is 5.78. The number of benzene rings is 1. The van der Waals surface area contributed by atoms with Gasteiger partial charge < -0.3 is 5.73 Å². The van der Waals surface area contributed by atoms with Gasteiger partial charge in [0.25, 0.3) is 0 Å². The summed E-state index contributed by atoms with van der Waals surface area (Å²) in [6.45, 7) is 7.07. The molecule has 0 unspecified atom stereocenters. The number of nitrogens with zero attached hydrogens (tertiary/aromatic N) is 4. The summed E-state index contributed by atoms with van der Waals surface area (Å²) >= 11 is 0. The van der Waals surface area contributed by atoms with E-state index >= 15 is 0 Å². The Hall–Kier alpha value is -1.98. The average molecular weight is 263 g/mol. The predicted molar refractivity (Wildman–Crippen MR) is 71.7 cm³/mol. The molecule has 0 aliphatic heterocycles. The topological polar surface area (TPSA) is 69.6 Å². The van der Waals surface area contributed by atoms with Crippen LogP contribution in [-0.2, 0) is 6.54 Å². The highest BCUT2D eigenvalue weighted by molar-refractivity contribution is 5.59. The summed E-state index contributed by atoms with van der Waals surface area (Å²) in [5.41, 5.74) is 6.46. The molecule has 0 atom stereocenters. The van der Waals surface area contributed by atoms with Crippen molar-refractivity contribution >= 4 is 5.69 Å². The fourth-order valence-corrected chi connectivity index (χ4v) is 1.70. The van der Waals surface area contributed by atoms with Gasteiger partial charge >= 0.3 is 0 Å².